The molecule has 6 rings (SSSR count). The second kappa shape index (κ2) is 8.76. The number of nitrogens with two attached hydrogens (primary N) is 2. The predicted octanol–water partition coefficient (Wildman–Crippen LogP) is 3.37. The van der Waals surface area contributed by atoms with E-state index in [0.717, 1.165) is 19.1 Å². The molecule has 196 valence electrons. The average Bonchev–Trinajstić information content (AvgIpc) is 3.42. The number of urea groups is 1. The van der Waals surface area contributed by atoms with Gasteiger partial charge in [0.15, 0.2) is 15.5 Å². The molecule has 2 unspecified atom stereocenters. The van der Waals surface area contributed by atoms with Crippen LogP contribution in [0.5, 0.6) is 0 Å². The van der Waals surface area contributed by atoms with Crippen molar-refractivity contribution in [3.8, 4) is 22.4 Å². The van der Waals surface area contributed by atoms with Gasteiger partial charge in [-0.3, -0.25) is 4.98 Å². The van der Waals surface area contributed by atoms with E-state index < -0.39 is 15.9 Å². The molecule has 2 aliphatic rings. The number of sulfone groups is 1. The molecule has 2 bridgehead atoms. The molecular formula is C26H26FN7O3S. The summed E-state index contributed by atoms with van der Waals surface area (Å²) in [4.78, 5) is 22.9. The smallest absolute Gasteiger partial charge is 0.315 e. The summed E-state index contributed by atoms with van der Waals surface area (Å²) in [7, 11) is -3.75. The number of hydrogen-bond donors (Lipinski definition) is 2. The second-order valence-corrected chi connectivity index (χ2v) is 11.9. The van der Waals surface area contributed by atoms with Gasteiger partial charge in [0.05, 0.1) is 17.6 Å². The topological polar surface area (TPSA) is 150 Å². The fourth-order valence-corrected chi connectivity index (χ4v) is 7.08. The first kappa shape index (κ1) is 24.3. The molecule has 2 saturated heterocycles. The Balaban J connectivity index is 1.45. The minimum atomic E-state index is -3.75. The number of amides is 2. The summed E-state index contributed by atoms with van der Waals surface area (Å²) in [6.45, 7) is 0. The number of pyridine rings is 1. The molecule has 2 aliphatic heterocycles. The average molecular weight is 536 g/mol. The van der Waals surface area contributed by atoms with E-state index in [2.05, 4.69) is 10.1 Å². The van der Waals surface area contributed by atoms with Gasteiger partial charge < -0.3 is 16.4 Å². The summed E-state index contributed by atoms with van der Waals surface area (Å²) in [6, 6.07) is 9.31. The largest absolute Gasteiger partial charge is 0.382 e. The number of hydrogen-bond acceptors (Lipinski definition) is 7. The lowest BCUT2D eigenvalue weighted by molar-refractivity contribution is 0.144. The van der Waals surface area contributed by atoms with Gasteiger partial charge in [-0.25, -0.2) is 22.6 Å². The van der Waals surface area contributed by atoms with Gasteiger partial charge in [0.25, 0.3) is 0 Å². The highest BCUT2D eigenvalue weighted by Gasteiger charge is 2.44. The van der Waals surface area contributed by atoms with E-state index in [1.165, 1.54) is 10.6 Å². The lowest BCUT2D eigenvalue weighted by Crippen LogP contribution is -2.48. The van der Waals surface area contributed by atoms with E-state index in [1.54, 1.807) is 47.6 Å². The van der Waals surface area contributed by atoms with Crippen LogP contribution >= 0.6 is 0 Å². The van der Waals surface area contributed by atoms with Crippen LogP contribution in [-0.2, 0) is 9.84 Å². The Morgan fingerprint density at radius 2 is 1.76 bits per heavy atom. The Morgan fingerprint density at radius 3 is 2.37 bits per heavy atom. The number of nitrogens with zero attached hydrogens (tertiary/aromatic N) is 5. The number of rotatable bonds is 4. The molecule has 2 atom stereocenters. The third-order valence-electron chi connectivity index (χ3n) is 7.63. The minimum absolute atomic E-state index is 0.0145. The van der Waals surface area contributed by atoms with Gasteiger partial charge in [-0.1, -0.05) is 18.2 Å². The molecule has 0 radical (unpaired) electrons. The molecule has 1 aromatic carbocycles. The number of nitrogen functional groups attached to an aromatic ring is 1. The lowest BCUT2D eigenvalue weighted by Gasteiger charge is -2.38. The first-order valence-corrected chi connectivity index (χ1v) is 14.2. The van der Waals surface area contributed by atoms with Gasteiger partial charge in [-0.05, 0) is 43.9 Å². The number of carbonyl (C=O) groups excluding carboxylic acids is 1. The Bertz CT molecular complexity index is 1670. The van der Waals surface area contributed by atoms with Gasteiger partial charge in [-0.2, -0.15) is 9.61 Å². The maximum absolute atomic E-state index is 14.2. The van der Waals surface area contributed by atoms with E-state index in [-0.39, 0.29) is 34.5 Å². The summed E-state index contributed by atoms with van der Waals surface area (Å²) in [6.07, 6.45) is 7.00. The van der Waals surface area contributed by atoms with E-state index >= 15 is 0 Å². The van der Waals surface area contributed by atoms with Crippen LogP contribution in [-0.4, -0.2) is 57.3 Å². The highest BCUT2D eigenvalue weighted by atomic mass is 32.2. The number of piperidine rings is 1. The summed E-state index contributed by atoms with van der Waals surface area (Å²) < 4.78 is 41.4. The number of aromatic nitrogens is 4. The molecule has 3 aromatic heterocycles. The van der Waals surface area contributed by atoms with E-state index in [4.69, 9.17) is 16.5 Å². The number of benzene rings is 1. The normalized spacial score (nSPS) is 21.2. The number of halogens is 1. The zero-order chi connectivity index (χ0) is 26.8. The summed E-state index contributed by atoms with van der Waals surface area (Å²) in [5.74, 6) is -0.601. The van der Waals surface area contributed by atoms with Crippen LogP contribution in [0.2, 0.25) is 0 Å². The Labute approximate surface area is 218 Å². The first-order chi connectivity index (χ1) is 18.1. The minimum Gasteiger partial charge on any atom is -0.382 e. The van der Waals surface area contributed by atoms with Crippen molar-refractivity contribution in [2.24, 2.45) is 5.73 Å². The quantitative estimate of drug-likeness (QED) is 0.407. The van der Waals surface area contributed by atoms with Crippen LogP contribution < -0.4 is 11.5 Å². The third-order valence-corrected chi connectivity index (χ3v) is 8.79. The molecule has 2 amide bonds. The Morgan fingerprint density at radius 1 is 1.05 bits per heavy atom. The van der Waals surface area contributed by atoms with Crippen molar-refractivity contribution in [1.82, 2.24) is 24.5 Å². The molecule has 2 fully saturated rings. The molecular weight excluding hydrogens is 509 g/mol. The number of carbonyl (C=O) groups is 1. The maximum atomic E-state index is 14.2. The summed E-state index contributed by atoms with van der Waals surface area (Å²) in [5, 5.41) is 4.33. The van der Waals surface area contributed by atoms with Crippen molar-refractivity contribution in [3.05, 3.63) is 60.3 Å². The van der Waals surface area contributed by atoms with Crippen molar-refractivity contribution in [2.45, 2.75) is 48.6 Å². The van der Waals surface area contributed by atoms with Crippen LogP contribution in [0.3, 0.4) is 0 Å². The molecule has 38 heavy (non-hydrogen) atoms. The van der Waals surface area contributed by atoms with Crippen LogP contribution in [0.1, 0.15) is 37.3 Å². The third kappa shape index (κ3) is 3.87. The highest BCUT2D eigenvalue weighted by molar-refractivity contribution is 7.91. The van der Waals surface area contributed by atoms with Crippen LogP contribution in [0.4, 0.5) is 15.0 Å². The lowest BCUT2D eigenvalue weighted by atomic mass is 9.88. The zero-order valence-electron chi connectivity index (χ0n) is 20.6. The van der Waals surface area contributed by atoms with Crippen LogP contribution in [0.15, 0.2) is 53.7 Å². The molecule has 0 spiro atoms. The highest BCUT2D eigenvalue weighted by Crippen LogP contribution is 2.45. The maximum Gasteiger partial charge on any atom is 0.315 e. The molecule has 5 heterocycles. The van der Waals surface area contributed by atoms with E-state index in [9.17, 15) is 17.6 Å². The number of fused-ring (bicyclic) bond motifs is 3. The van der Waals surface area contributed by atoms with Crippen LogP contribution in [0, 0.1) is 5.82 Å². The van der Waals surface area contributed by atoms with Crippen molar-refractivity contribution in [1.29, 1.82) is 0 Å². The standard InChI is InChI=1S/C26H26FN7O3S/c1-38(36,37)23-22(15-10-16-7-8-17(11-15)33(16)26(29)35)32-25-19(13-31-34(25)24(23)28)14-6-9-21(30-12-14)18-4-2-3-5-20(18)27/h2-6,9,12-13,15-17H,7-8,10-11,28H2,1H3,(H2,29,35). The SMILES string of the molecule is CS(=O)(=O)c1c(C2CC3CCC(C2)N3C(N)=O)nc2c(-c3ccc(-c4ccccc4F)nc3)cnn2c1N. The monoisotopic (exact) mass is 535 g/mol. The van der Waals surface area contributed by atoms with Crippen LogP contribution in [0.25, 0.3) is 28.0 Å². The van der Waals surface area contributed by atoms with E-state index in [0.29, 0.717) is 46.6 Å². The van der Waals surface area contributed by atoms with Crippen molar-refractivity contribution >= 4 is 27.3 Å². The van der Waals surface area contributed by atoms with Gasteiger partial charge in [-0.15, -0.1) is 0 Å². The predicted molar refractivity (Wildman–Crippen MR) is 139 cm³/mol. The fraction of sp³-hybridized carbons (Fsp3) is 0.308. The van der Waals surface area contributed by atoms with Crippen molar-refractivity contribution in [3.63, 3.8) is 0 Å². The van der Waals surface area contributed by atoms with Gasteiger partial charge in [0.2, 0.25) is 0 Å². The Hall–Kier alpha value is -4.06. The molecule has 10 nitrogen and oxygen atoms in total. The Kier molecular flexibility index (Phi) is 5.60. The van der Waals surface area contributed by atoms with Gasteiger partial charge in [0.1, 0.15) is 16.5 Å². The number of primary amides is 1. The fourth-order valence-electron chi connectivity index (χ4n) is 6.02. The molecule has 4 aromatic rings. The first-order valence-electron chi connectivity index (χ1n) is 12.3. The van der Waals surface area contributed by atoms with Gasteiger partial charge in [0, 0.05) is 47.1 Å². The van der Waals surface area contributed by atoms with E-state index in [1.807, 2.05) is 0 Å². The van der Waals surface area contributed by atoms with Gasteiger partial charge >= 0.3 is 6.03 Å². The molecule has 0 aliphatic carbocycles. The zero-order valence-corrected chi connectivity index (χ0v) is 21.4. The molecule has 4 N–H and O–H groups in total. The summed E-state index contributed by atoms with van der Waals surface area (Å²) >= 11 is 0. The second-order valence-electron chi connectivity index (χ2n) is 9.99. The van der Waals surface area contributed by atoms with Crippen molar-refractivity contribution in [2.75, 3.05) is 12.0 Å². The molecule has 12 heteroatoms. The van der Waals surface area contributed by atoms with Crippen molar-refractivity contribution < 1.29 is 17.6 Å². The molecule has 0 saturated carbocycles. The summed E-state index contributed by atoms with van der Waals surface area (Å²) in [5.41, 5.74) is 15.0. The number of anilines is 1.